The normalized spacial score (nSPS) is 18.2. The summed E-state index contributed by atoms with van der Waals surface area (Å²) in [5, 5.41) is 10.3. The molecule has 2 aliphatic rings. The van der Waals surface area contributed by atoms with E-state index in [0.29, 0.717) is 15.9 Å². The van der Waals surface area contributed by atoms with Crippen LogP contribution in [0.15, 0.2) is 42.6 Å². The average molecular weight is 509 g/mol. The molecule has 2 fully saturated rings. The summed E-state index contributed by atoms with van der Waals surface area (Å²) in [5.74, 6) is 2.46. The monoisotopic (exact) mass is 507 g/mol. The Morgan fingerprint density at radius 3 is 2.39 bits per heavy atom. The quantitative estimate of drug-likeness (QED) is 0.433. The van der Waals surface area contributed by atoms with E-state index in [0.717, 1.165) is 50.5 Å². The number of halogens is 3. The Morgan fingerprint density at radius 2 is 1.73 bits per heavy atom. The fourth-order valence-corrected chi connectivity index (χ4v) is 5.64. The smallest absolute Gasteiger partial charge is 0.232 e. The Kier molecular flexibility index (Phi) is 7.37. The van der Waals surface area contributed by atoms with Crippen LogP contribution in [-0.2, 0) is 12.5 Å². The number of hydrogen-bond donors (Lipinski definition) is 0. The fourth-order valence-electron chi connectivity index (χ4n) is 5.21. The Hall–Kier alpha value is -2.02. The molecule has 0 radical (unpaired) electrons. The molecule has 9 heteroatoms. The zero-order valence-corrected chi connectivity index (χ0v) is 20.9. The maximum absolute atomic E-state index is 6.22. The van der Waals surface area contributed by atoms with Gasteiger partial charge in [-0.3, -0.25) is 4.57 Å². The number of aromatic nitrogens is 4. The van der Waals surface area contributed by atoms with Gasteiger partial charge in [-0.25, -0.2) is 4.98 Å². The van der Waals surface area contributed by atoms with Gasteiger partial charge < -0.3 is 9.64 Å². The highest BCUT2D eigenvalue weighted by molar-refractivity contribution is 6.35. The van der Waals surface area contributed by atoms with Gasteiger partial charge in [0.1, 0.15) is 17.0 Å². The second-order valence-electron chi connectivity index (χ2n) is 8.78. The van der Waals surface area contributed by atoms with Crippen molar-refractivity contribution in [2.24, 2.45) is 7.05 Å². The summed E-state index contributed by atoms with van der Waals surface area (Å²) in [4.78, 5) is 6.53. The number of benzene rings is 1. The van der Waals surface area contributed by atoms with E-state index in [1.807, 2.05) is 0 Å². The zero-order chi connectivity index (χ0) is 22.1. The number of piperidine rings is 1. The summed E-state index contributed by atoms with van der Waals surface area (Å²) >= 11 is 12.2. The SMILES string of the molecule is Cl.Cn1c(N2CCC(Oc3ncc(Cl)cc3Cl)CC2)nnc1C1(c2ccccc2)CCCC1. The summed E-state index contributed by atoms with van der Waals surface area (Å²) in [6.45, 7) is 1.69. The number of pyridine rings is 1. The first-order valence-corrected chi connectivity index (χ1v) is 12.0. The van der Waals surface area contributed by atoms with Crippen LogP contribution in [0.5, 0.6) is 5.88 Å². The van der Waals surface area contributed by atoms with E-state index in [1.165, 1.54) is 18.4 Å². The van der Waals surface area contributed by atoms with E-state index in [-0.39, 0.29) is 23.9 Å². The van der Waals surface area contributed by atoms with Crippen molar-refractivity contribution in [1.29, 1.82) is 0 Å². The van der Waals surface area contributed by atoms with E-state index in [1.54, 1.807) is 12.3 Å². The predicted molar refractivity (Wildman–Crippen MR) is 134 cm³/mol. The fraction of sp³-hybridized carbons (Fsp3) is 0.458. The third kappa shape index (κ3) is 4.66. The van der Waals surface area contributed by atoms with Gasteiger partial charge in [-0.2, -0.15) is 0 Å². The lowest BCUT2D eigenvalue weighted by Gasteiger charge is -2.33. The second-order valence-corrected chi connectivity index (χ2v) is 9.63. The number of hydrogen-bond acceptors (Lipinski definition) is 5. The minimum Gasteiger partial charge on any atom is -0.473 e. The van der Waals surface area contributed by atoms with E-state index in [4.69, 9.17) is 33.0 Å². The van der Waals surface area contributed by atoms with Crippen LogP contribution >= 0.6 is 35.6 Å². The molecular formula is C24H28Cl3N5O. The van der Waals surface area contributed by atoms with Crippen LogP contribution in [0.2, 0.25) is 10.0 Å². The molecule has 3 aromatic rings. The number of nitrogens with zero attached hydrogens (tertiary/aromatic N) is 5. The molecule has 3 heterocycles. The third-order valence-electron chi connectivity index (χ3n) is 6.84. The molecule has 33 heavy (non-hydrogen) atoms. The highest BCUT2D eigenvalue weighted by Gasteiger charge is 2.42. The van der Waals surface area contributed by atoms with Gasteiger partial charge in [0.05, 0.1) is 10.4 Å². The van der Waals surface area contributed by atoms with Crippen molar-refractivity contribution in [3.8, 4) is 5.88 Å². The van der Waals surface area contributed by atoms with Gasteiger partial charge in [-0.1, -0.05) is 66.4 Å². The van der Waals surface area contributed by atoms with Gasteiger partial charge in [0.25, 0.3) is 0 Å². The first kappa shape index (κ1) is 24.1. The van der Waals surface area contributed by atoms with E-state index in [9.17, 15) is 0 Å². The van der Waals surface area contributed by atoms with Gasteiger partial charge in [0.15, 0.2) is 0 Å². The molecule has 0 unspecified atom stereocenters. The van der Waals surface area contributed by atoms with Crippen LogP contribution in [0.25, 0.3) is 0 Å². The average Bonchev–Trinajstić information content (AvgIpc) is 3.45. The van der Waals surface area contributed by atoms with Crippen molar-refractivity contribution in [1.82, 2.24) is 19.7 Å². The molecule has 1 aliphatic carbocycles. The van der Waals surface area contributed by atoms with Crippen LogP contribution in [0.4, 0.5) is 5.95 Å². The lowest BCUT2D eigenvalue weighted by molar-refractivity contribution is 0.163. The topological polar surface area (TPSA) is 56.1 Å². The molecule has 6 nitrogen and oxygen atoms in total. The van der Waals surface area contributed by atoms with Gasteiger partial charge in [0.2, 0.25) is 11.8 Å². The molecule has 1 saturated heterocycles. The molecule has 0 bridgehead atoms. The minimum absolute atomic E-state index is 0. The number of ether oxygens (including phenoxy) is 1. The first-order chi connectivity index (χ1) is 15.6. The van der Waals surface area contributed by atoms with Crippen molar-refractivity contribution >= 4 is 41.6 Å². The lowest BCUT2D eigenvalue weighted by atomic mass is 9.78. The van der Waals surface area contributed by atoms with E-state index >= 15 is 0 Å². The minimum atomic E-state index is -0.0420. The summed E-state index contributed by atoms with van der Waals surface area (Å²) in [5.41, 5.74) is 1.30. The van der Waals surface area contributed by atoms with E-state index in [2.05, 4.69) is 56.9 Å². The van der Waals surface area contributed by atoms with Crippen molar-refractivity contribution < 1.29 is 4.74 Å². The van der Waals surface area contributed by atoms with Gasteiger partial charge in [-0.05, 0) is 24.5 Å². The Morgan fingerprint density at radius 1 is 1.03 bits per heavy atom. The summed E-state index contributed by atoms with van der Waals surface area (Å²) in [6, 6.07) is 12.5. The Bertz CT molecular complexity index is 1080. The lowest BCUT2D eigenvalue weighted by Crippen LogP contribution is -2.40. The molecule has 1 aliphatic heterocycles. The highest BCUT2D eigenvalue weighted by atomic mass is 35.5. The molecule has 1 aromatic carbocycles. The Labute approximate surface area is 210 Å². The predicted octanol–water partition coefficient (Wildman–Crippen LogP) is 5.85. The molecule has 2 aromatic heterocycles. The zero-order valence-electron chi connectivity index (χ0n) is 18.6. The van der Waals surface area contributed by atoms with Crippen molar-refractivity contribution in [2.75, 3.05) is 18.0 Å². The molecule has 0 amide bonds. The van der Waals surface area contributed by atoms with Crippen molar-refractivity contribution in [3.63, 3.8) is 0 Å². The summed E-state index contributed by atoms with van der Waals surface area (Å²) < 4.78 is 8.25. The molecule has 0 spiro atoms. The molecule has 5 rings (SSSR count). The van der Waals surface area contributed by atoms with Crippen LogP contribution in [-0.4, -0.2) is 38.9 Å². The maximum atomic E-state index is 6.22. The Balaban J connectivity index is 0.00000259. The summed E-state index contributed by atoms with van der Waals surface area (Å²) in [6.07, 6.45) is 8.05. The largest absolute Gasteiger partial charge is 0.473 e. The van der Waals surface area contributed by atoms with Gasteiger partial charge in [0, 0.05) is 39.2 Å². The van der Waals surface area contributed by atoms with Crippen LogP contribution < -0.4 is 9.64 Å². The van der Waals surface area contributed by atoms with Crippen LogP contribution in [0.3, 0.4) is 0 Å². The van der Waals surface area contributed by atoms with Crippen molar-refractivity contribution in [2.45, 2.75) is 50.0 Å². The molecule has 0 atom stereocenters. The summed E-state index contributed by atoms with van der Waals surface area (Å²) in [7, 11) is 2.10. The van der Waals surface area contributed by atoms with Gasteiger partial charge in [-0.15, -0.1) is 22.6 Å². The molecule has 1 saturated carbocycles. The van der Waals surface area contributed by atoms with Crippen LogP contribution in [0, 0.1) is 0 Å². The van der Waals surface area contributed by atoms with Crippen LogP contribution in [0.1, 0.15) is 49.9 Å². The first-order valence-electron chi connectivity index (χ1n) is 11.2. The number of rotatable bonds is 5. The molecule has 176 valence electrons. The standard InChI is InChI=1S/C24H27Cl2N5O.ClH/c1-30-22(24(11-5-6-12-24)17-7-3-2-4-8-17)28-29-23(30)31-13-9-19(10-14-31)32-21-20(26)15-18(25)16-27-21;/h2-4,7-8,15-16,19H,5-6,9-14H2,1H3;1H. The highest BCUT2D eigenvalue weighted by Crippen LogP contribution is 2.46. The number of anilines is 1. The van der Waals surface area contributed by atoms with Gasteiger partial charge >= 0.3 is 0 Å². The van der Waals surface area contributed by atoms with Crippen molar-refractivity contribution in [3.05, 3.63) is 64.0 Å². The molecule has 0 N–H and O–H groups in total. The van der Waals surface area contributed by atoms with E-state index < -0.39 is 0 Å². The second kappa shape index (κ2) is 10.1. The third-order valence-corrected chi connectivity index (χ3v) is 7.32. The maximum Gasteiger partial charge on any atom is 0.232 e. The molecular weight excluding hydrogens is 481 g/mol.